The fraction of sp³-hybridized carbons (Fsp3) is 0.351. The van der Waals surface area contributed by atoms with Crippen LogP contribution in [0.3, 0.4) is 0 Å². The molecule has 0 saturated heterocycles. The maximum absolute atomic E-state index is 12.4. The number of aromatic nitrogens is 20. The molecule has 15 heterocycles. The summed E-state index contributed by atoms with van der Waals surface area (Å²) in [4.78, 5) is 73.1. The number of carbonyl (C=O) groups excluding carboxylic acids is 2. The Morgan fingerprint density at radius 2 is 0.876 bits per heavy atom. The van der Waals surface area contributed by atoms with Crippen LogP contribution >= 0.6 is 0 Å². The minimum atomic E-state index is -1.59. The molecule has 18 rings (SSSR count). The average Bonchev–Trinajstić information content (AvgIpc) is 1.52. The van der Waals surface area contributed by atoms with E-state index in [1.165, 1.54) is 29.3 Å². The van der Waals surface area contributed by atoms with Crippen LogP contribution in [-0.4, -0.2) is 128 Å². The summed E-state index contributed by atoms with van der Waals surface area (Å²) in [7, 11) is -1.59. The molecule has 1 fully saturated rings. The van der Waals surface area contributed by atoms with Gasteiger partial charge in [-0.1, -0.05) is 255 Å². The average molecular weight is 2860 g/mol. The van der Waals surface area contributed by atoms with Gasteiger partial charge in [0.1, 0.15) is 11.8 Å². The van der Waals surface area contributed by atoms with Crippen LogP contribution in [0.25, 0.3) is 99.1 Å². The van der Waals surface area contributed by atoms with Gasteiger partial charge < -0.3 is 86.9 Å². The Hall–Kier alpha value is -11.0. The Kier molecular flexibility index (Phi) is 42.2. The van der Waals surface area contributed by atoms with E-state index in [0.29, 0.717) is 68.0 Å². The van der Waals surface area contributed by atoms with Gasteiger partial charge in [0, 0.05) is 144 Å². The van der Waals surface area contributed by atoms with Crippen LogP contribution in [0.15, 0.2) is 243 Å². The minimum Gasteiger partial charge on any atom is -0.657 e. The van der Waals surface area contributed by atoms with Crippen molar-refractivity contribution in [3.8, 4) is 56.9 Å². The first kappa shape index (κ1) is 118. The monoisotopic (exact) mass is 2850 g/mol. The first-order valence-corrected chi connectivity index (χ1v) is 50.9. The van der Waals surface area contributed by atoms with Crippen molar-refractivity contribution in [2.24, 2.45) is 5.41 Å². The quantitative estimate of drug-likeness (QED) is 0.0239. The van der Waals surface area contributed by atoms with Crippen LogP contribution in [-0.2, 0) is 170 Å². The summed E-state index contributed by atoms with van der Waals surface area (Å²) >= 11 is 0. The molecule has 2 amide bonds. The normalized spacial score (nSPS) is 13.8. The van der Waals surface area contributed by atoms with Crippen molar-refractivity contribution in [1.29, 1.82) is 0 Å². The van der Waals surface area contributed by atoms with Crippen LogP contribution in [0.5, 0.6) is 0 Å². The fourth-order valence-electron chi connectivity index (χ4n) is 16.5. The number of benzene rings is 1. The third kappa shape index (κ3) is 30.6. The van der Waals surface area contributed by atoms with E-state index in [9.17, 15) is 9.59 Å². The molecule has 1 saturated carbocycles. The van der Waals surface area contributed by atoms with Gasteiger partial charge in [-0.15, -0.1) is 52.4 Å². The molecule has 2 atom stereocenters. The molecule has 0 radical (unpaired) electrons. The van der Waals surface area contributed by atoms with Crippen molar-refractivity contribution in [1.82, 2.24) is 101 Å². The molecule has 15 aromatic heterocycles. The predicted octanol–water partition coefficient (Wildman–Crippen LogP) is 21.9. The van der Waals surface area contributed by atoms with Crippen LogP contribution < -0.4 is 30.7 Å². The summed E-state index contributed by atoms with van der Waals surface area (Å²) < 4.78 is 0. The fourth-order valence-corrected chi connectivity index (χ4v) is 17.7. The smallest absolute Gasteiger partial charge is 0.657 e. The largest absolute Gasteiger partial charge is 2.00 e. The molecule has 2 bridgehead atoms. The minimum absolute atomic E-state index is 0. The van der Waals surface area contributed by atoms with Gasteiger partial charge in [-0.2, -0.15) is 0 Å². The zero-order valence-corrected chi connectivity index (χ0v) is 97.5. The maximum atomic E-state index is 12.4. The van der Waals surface area contributed by atoms with Gasteiger partial charge in [-0.05, 0) is 192 Å². The Morgan fingerprint density at radius 3 is 1.38 bits per heavy atom. The number of carbonyl (C=O) groups is 2. The maximum Gasteiger partial charge on any atom is 2.00 e. The number of nitrogens with zero attached hydrogens (tertiary/aromatic N) is 26. The third-order valence-corrected chi connectivity index (χ3v) is 27.5. The zero-order valence-electron chi connectivity index (χ0n) is 85.2. The van der Waals surface area contributed by atoms with Gasteiger partial charge in [-0.3, -0.25) is 49.8 Å². The summed E-state index contributed by atoms with van der Waals surface area (Å²) in [5.41, 5.74) is 21.2. The van der Waals surface area contributed by atoms with Crippen molar-refractivity contribution in [3.63, 3.8) is 0 Å². The van der Waals surface area contributed by atoms with Gasteiger partial charge in [0.25, 0.3) is 5.82 Å². The standard InChI is InChI=1S/C24H27N5.C24H25N5.C22H28N5OSi.C22H27N5.C19H17N6O.5Pt/c1-23(2)18-10-12-24(23,3)22-20(18)21(28-29-22)19-9-6-8-16(27-19)11-14-25-15-17-7-4-5-13-26-17;1-24(2,3)22-15-21(28-29-22)23-20-10-5-4-8-17(20)14-18(27-23)11-13-25-16-19-9-6-7-12-26-19;1-15-11-19(27-26-15)18-12-16(29(4,5)6)13-20(25-18)22(2,3)14-24-21(28)17-9-7-8-10-23-17;1-21(2,3)20-13-18(26-27-20)17-10-8-11-19(25-17)22(4,5)15-23-14-16-9-6-7-12-24-16;1-19(2,12-22-18(26)14-7-4-5-10-21-14)16-9-6-8-13(23-16)15-11-17(20-3)25-24-15;;;;;/h4-9,13,18H,10-12,14-15H2,1-3H3;4-10,12,14-15H,11,13,16H2,1-3H3;7-13H,14H2,1-6H3,(H-,24,25,26,27,28);6-13H,14-15H2,1-5H3;4-11H,12H2,1-2H3,(H-,22,23,24,25,26);;;;;/q2*-2;-1;-2;-1;5*+2/p-2. The van der Waals surface area contributed by atoms with Gasteiger partial charge in [-0.25, -0.2) is 5.10 Å². The molecule has 2 unspecified atom stereocenters. The molecule has 16 aromatic rings. The molecule has 1 aromatic carbocycles. The summed E-state index contributed by atoms with van der Waals surface area (Å²) in [5, 5.41) is 68.8. The van der Waals surface area contributed by atoms with Crippen LogP contribution in [0, 0.1) is 18.9 Å². The van der Waals surface area contributed by atoms with Crippen molar-refractivity contribution in [2.45, 2.75) is 214 Å². The second-order valence-electron chi connectivity index (χ2n) is 41.2. The first-order valence-electron chi connectivity index (χ1n) is 47.4. The summed E-state index contributed by atoms with van der Waals surface area (Å²) in [6, 6.07) is 68.4. The van der Waals surface area contributed by atoms with Gasteiger partial charge >= 0.3 is 105 Å². The van der Waals surface area contributed by atoms with E-state index in [4.69, 9.17) is 31.8 Å². The number of hydrogen-bond donors (Lipinski definition) is 0. The molecule has 762 valence electrons. The molecular weight excluding hydrogens is 2730 g/mol. The van der Waals surface area contributed by atoms with E-state index in [1.807, 2.05) is 130 Å². The SMILES string of the molecule is CC(C)(C)c1cc(-c2cccc(C(C)(C)C[N-]Cc3ccccn3)n2)[n-]n1.CC(C)(C)c1cc(-c2nc(CC[N-]Cc3ccccn3)cc3ccccc23)[n-]n1.CC12CCC(c3c1n[n-]c3-c1cccc(CC[N-]Cc3ccccn3)n1)C2(C)C.Cc1cc(-c2cc([Si](C)(C)C)cc(C(C)(C)C[N-]C(=O)c3ccccn3)n2)[n-]n1.[C-]#[N+]c1cc(-c2cccc(C(C)(C)C[N-]C(=O)c3ccccn3)n2)[n-]n1.[Pt+2].[Pt+2].[Pt+2].[Pt+2].[Pt+2]. The van der Waals surface area contributed by atoms with Crippen molar-refractivity contribution >= 4 is 41.7 Å². The number of pyridine rings is 10. The van der Waals surface area contributed by atoms with E-state index in [1.54, 1.807) is 67.3 Å². The molecule has 28 nitrogen and oxygen atoms in total. The van der Waals surface area contributed by atoms with E-state index in [-0.39, 0.29) is 157 Å². The molecule has 0 spiro atoms. The Balaban J connectivity index is 0.000000200. The number of aryl methyl sites for hydroxylation is 1. The van der Waals surface area contributed by atoms with E-state index < -0.39 is 18.9 Å². The zero-order chi connectivity index (χ0) is 99.6. The molecule has 0 N–H and O–H groups in total. The number of hydrogen-bond acceptors (Lipinski definition) is 17. The summed E-state index contributed by atoms with van der Waals surface area (Å²) in [6.07, 6.45) is 12.6. The van der Waals surface area contributed by atoms with Gasteiger partial charge in [0.2, 0.25) is 0 Å². The Labute approximate surface area is 924 Å². The Morgan fingerprint density at radius 1 is 0.421 bits per heavy atom. The topological polar surface area (TPSA) is 373 Å². The molecule has 0 aliphatic heterocycles. The van der Waals surface area contributed by atoms with E-state index >= 15 is 0 Å². The van der Waals surface area contributed by atoms with Gasteiger partial charge in [0.05, 0.1) is 25.2 Å². The molecule has 145 heavy (non-hydrogen) atoms. The molecule has 2 aliphatic rings. The van der Waals surface area contributed by atoms with E-state index in [0.717, 1.165) is 138 Å². The predicted molar refractivity (Wildman–Crippen MR) is 555 cm³/mol. The summed E-state index contributed by atoms with van der Waals surface area (Å²) in [5.74, 6) is 0.116. The first-order chi connectivity index (χ1) is 66.8. The molecule has 2 aliphatic carbocycles. The number of fused-ring (bicyclic) bond motifs is 6. The van der Waals surface area contributed by atoms with E-state index in [2.05, 4.69) is 283 Å². The summed E-state index contributed by atoms with van der Waals surface area (Å²) in [6.45, 7) is 52.8. The van der Waals surface area contributed by atoms with Crippen LogP contribution in [0.1, 0.15) is 217 Å². The van der Waals surface area contributed by atoms with Crippen molar-refractivity contribution in [3.05, 3.63) is 367 Å². The third-order valence-electron chi connectivity index (χ3n) is 25.5. The Bertz CT molecular complexity index is 6890. The van der Waals surface area contributed by atoms with Crippen molar-refractivity contribution < 1.29 is 115 Å². The van der Waals surface area contributed by atoms with Crippen LogP contribution in [0.2, 0.25) is 19.6 Å². The number of rotatable bonds is 29. The van der Waals surface area contributed by atoms with Crippen molar-refractivity contribution in [2.75, 3.05) is 32.7 Å². The van der Waals surface area contributed by atoms with Crippen LogP contribution in [0.4, 0.5) is 5.82 Å². The molecular formula is C111H122N26O2Pt5Si. The second kappa shape index (κ2) is 52.1. The molecule has 34 heteroatoms. The number of amides is 2. The second-order valence-corrected chi connectivity index (χ2v) is 46.3. The van der Waals surface area contributed by atoms with Gasteiger partial charge in [0.15, 0.2) is 0 Å².